The monoisotopic (exact) mass is 484 g/mol. The minimum atomic E-state index is -0.670. The number of aryl methyl sites for hydroxylation is 3. The van der Waals surface area contributed by atoms with Crippen molar-refractivity contribution >= 4 is 45.0 Å². The van der Waals surface area contributed by atoms with Crippen LogP contribution in [0.3, 0.4) is 0 Å². The van der Waals surface area contributed by atoms with Crippen LogP contribution in [0.25, 0.3) is 21.8 Å². The van der Waals surface area contributed by atoms with Crippen LogP contribution in [-0.4, -0.2) is 44.7 Å². The molecule has 0 aliphatic carbocycles. The van der Waals surface area contributed by atoms with Crippen LogP contribution in [-0.2, 0) is 14.1 Å². The Morgan fingerprint density at radius 2 is 1.44 bits per heavy atom. The number of nitrogens with zero attached hydrogens (tertiary/aromatic N) is 4. The van der Waals surface area contributed by atoms with E-state index in [-0.39, 0.29) is 17.5 Å². The summed E-state index contributed by atoms with van der Waals surface area (Å²) < 4.78 is 3.08. The summed E-state index contributed by atoms with van der Waals surface area (Å²) in [7, 11) is 3.39. The van der Waals surface area contributed by atoms with Gasteiger partial charge in [-0.15, -0.1) is 0 Å². The van der Waals surface area contributed by atoms with E-state index in [0.29, 0.717) is 53.6 Å². The predicted octanol–water partition coefficient (Wildman–Crippen LogP) is 3.49. The van der Waals surface area contributed by atoms with Crippen molar-refractivity contribution in [3.63, 3.8) is 0 Å². The molecule has 1 saturated heterocycles. The molecule has 3 aromatic carbocycles. The average molecular weight is 485 g/mol. The Bertz CT molecular complexity index is 1640. The van der Waals surface area contributed by atoms with Crippen molar-refractivity contribution in [1.82, 2.24) is 9.13 Å². The summed E-state index contributed by atoms with van der Waals surface area (Å²) in [5.41, 5.74) is 3.70. The highest BCUT2D eigenvalue weighted by molar-refractivity contribution is 6.36. The van der Waals surface area contributed by atoms with Crippen LogP contribution in [0, 0.1) is 6.92 Å². The SMILES string of the molecule is Cc1cc2c(cc1N1C(=O)c3cccc4c(N5CCC(C)(O)CC5)ccc(c34)C1=O)n(C)c(=O)n2C. The molecule has 8 heteroatoms. The number of benzene rings is 3. The van der Waals surface area contributed by atoms with Crippen molar-refractivity contribution < 1.29 is 14.7 Å². The van der Waals surface area contributed by atoms with Gasteiger partial charge in [0.1, 0.15) is 0 Å². The average Bonchev–Trinajstić information content (AvgIpc) is 3.06. The lowest BCUT2D eigenvalue weighted by atomic mass is 9.90. The van der Waals surface area contributed by atoms with Gasteiger partial charge in [-0.2, -0.15) is 0 Å². The van der Waals surface area contributed by atoms with Gasteiger partial charge < -0.3 is 10.0 Å². The summed E-state index contributed by atoms with van der Waals surface area (Å²) in [6.07, 6.45) is 1.32. The summed E-state index contributed by atoms with van der Waals surface area (Å²) in [4.78, 5) is 43.6. The molecule has 2 aliphatic heterocycles. The van der Waals surface area contributed by atoms with Crippen molar-refractivity contribution in [1.29, 1.82) is 0 Å². The predicted molar refractivity (Wildman–Crippen MR) is 140 cm³/mol. The van der Waals surface area contributed by atoms with Crippen LogP contribution in [0.1, 0.15) is 46.0 Å². The van der Waals surface area contributed by atoms with Gasteiger partial charge in [-0.1, -0.05) is 12.1 Å². The molecule has 36 heavy (non-hydrogen) atoms. The summed E-state index contributed by atoms with van der Waals surface area (Å²) in [5, 5.41) is 11.9. The topological polar surface area (TPSA) is 87.8 Å². The molecule has 4 aromatic rings. The first kappa shape index (κ1) is 22.5. The van der Waals surface area contributed by atoms with Gasteiger partial charge in [-0.3, -0.25) is 18.7 Å². The van der Waals surface area contributed by atoms with Gasteiger partial charge in [0.05, 0.1) is 22.3 Å². The lowest BCUT2D eigenvalue weighted by Gasteiger charge is -2.38. The van der Waals surface area contributed by atoms with E-state index >= 15 is 0 Å². The van der Waals surface area contributed by atoms with E-state index in [4.69, 9.17) is 0 Å². The fraction of sp³-hybridized carbons (Fsp3) is 0.321. The smallest absolute Gasteiger partial charge is 0.328 e. The highest BCUT2D eigenvalue weighted by Crippen LogP contribution is 2.40. The Morgan fingerprint density at radius 1 is 0.833 bits per heavy atom. The molecule has 0 saturated carbocycles. The quantitative estimate of drug-likeness (QED) is 0.440. The summed E-state index contributed by atoms with van der Waals surface area (Å²) in [6, 6.07) is 12.9. The largest absolute Gasteiger partial charge is 0.390 e. The zero-order valence-corrected chi connectivity index (χ0v) is 20.8. The lowest BCUT2D eigenvalue weighted by Crippen LogP contribution is -2.43. The molecule has 0 spiro atoms. The Balaban J connectivity index is 1.49. The van der Waals surface area contributed by atoms with Gasteiger partial charge in [0.25, 0.3) is 11.8 Å². The van der Waals surface area contributed by atoms with Crippen LogP contribution in [0.5, 0.6) is 0 Å². The maximum absolute atomic E-state index is 13.8. The van der Waals surface area contributed by atoms with E-state index in [9.17, 15) is 19.5 Å². The molecular formula is C28H28N4O4. The minimum absolute atomic E-state index is 0.167. The normalized spacial score (nSPS) is 17.5. The number of carbonyl (C=O) groups is 2. The molecule has 3 heterocycles. The number of imidazole rings is 1. The van der Waals surface area contributed by atoms with E-state index in [2.05, 4.69) is 4.90 Å². The highest BCUT2D eigenvalue weighted by atomic mass is 16.3. The molecule has 0 bridgehead atoms. The van der Waals surface area contributed by atoms with E-state index in [1.807, 2.05) is 44.2 Å². The molecule has 0 unspecified atom stereocenters. The number of rotatable bonds is 2. The van der Waals surface area contributed by atoms with Gasteiger partial charge in [0, 0.05) is 54.8 Å². The zero-order valence-electron chi connectivity index (χ0n) is 20.8. The van der Waals surface area contributed by atoms with E-state index in [1.165, 1.54) is 9.47 Å². The molecule has 0 atom stereocenters. The molecule has 2 aliphatic rings. The first-order chi connectivity index (χ1) is 17.1. The first-order valence-electron chi connectivity index (χ1n) is 12.2. The van der Waals surface area contributed by atoms with Gasteiger partial charge in [0.15, 0.2) is 0 Å². The third-order valence-corrected chi connectivity index (χ3v) is 7.90. The number of aliphatic hydroxyl groups is 1. The fourth-order valence-electron chi connectivity index (χ4n) is 5.68. The fourth-order valence-corrected chi connectivity index (χ4v) is 5.68. The third-order valence-electron chi connectivity index (χ3n) is 7.90. The lowest BCUT2D eigenvalue weighted by molar-refractivity contribution is 0.0352. The number of hydrogen-bond acceptors (Lipinski definition) is 5. The maximum atomic E-state index is 13.8. The first-order valence-corrected chi connectivity index (χ1v) is 12.2. The van der Waals surface area contributed by atoms with Gasteiger partial charge >= 0.3 is 5.69 Å². The summed E-state index contributed by atoms with van der Waals surface area (Å²) in [5.74, 6) is -0.750. The van der Waals surface area contributed by atoms with Gasteiger partial charge in [-0.05, 0) is 62.6 Å². The number of imide groups is 1. The van der Waals surface area contributed by atoms with Crippen LogP contribution in [0.2, 0.25) is 0 Å². The van der Waals surface area contributed by atoms with Crippen molar-refractivity contribution in [2.24, 2.45) is 14.1 Å². The van der Waals surface area contributed by atoms with Crippen LogP contribution in [0.15, 0.2) is 47.3 Å². The van der Waals surface area contributed by atoms with Crippen molar-refractivity contribution in [2.45, 2.75) is 32.3 Å². The van der Waals surface area contributed by atoms with E-state index in [0.717, 1.165) is 22.2 Å². The molecule has 8 nitrogen and oxygen atoms in total. The Labute approximate surface area is 208 Å². The standard InChI is InChI=1S/C28H28N4O4/c1-16-14-22-23(30(4)27(35)29(22)3)15-21(16)32-25(33)18-7-5-6-17-20(9-8-19(24(17)18)26(32)34)31-12-10-28(2,36)11-13-31/h5-9,14-15,36H,10-13H2,1-4H3. The maximum Gasteiger partial charge on any atom is 0.328 e. The highest BCUT2D eigenvalue weighted by Gasteiger charge is 2.36. The number of amides is 2. The number of aromatic nitrogens is 2. The number of anilines is 2. The number of carbonyl (C=O) groups excluding carboxylic acids is 2. The molecule has 184 valence electrons. The number of hydrogen-bond donors (Lipinski definition) is 1. The van der Waals surface area contributed by atoms with E-state index in [1.54, 1.807) is 30.8 Å². The van der Waals surface area contributed by atoms with Crippen molar-refractivity contribution in [3.8, 4) is 0 Å². The molecule has 1 N–H and O–H groups in total. The molecular weight excluding hydrogens is 456 g/mol. The molecule has 1 aromatic heterocycles. The van der Waals surface area contributed by atoms with Crippen LogP contribution in [0.4, 0.5) is 11.4 Å². The molecule has 6 rings (SSSR count). The number of fused-ring (bicyclic) bond motifs is 1. The molecule has 0 radical (unpaired) electrons. The summed E-state index contributed by atoms with van der Waals surface area (Å²) in [6.45, 7) is 5.11. The molecule has 2 amide bonds. The van der Waals surface area contributed by atoms with Gasteiger partial charge in [0.2, 0.25) is 0 Å². The Kier molecular flexibility index (Phi) is 4.72. The minimum Gasteiger partial charge on any atom is -0.390 e. The second kappa shape index (κ2) is 7.54. The number of piperidine rings is 1. The zero-order chi connectivity index (χ0) is 25.5. The Hall–Kier alpha value is -3.91. The second-order valence-electron chi connectivity index (χ2n) is 10.3. The van der Waals surface area contributed by atoms with Crippen molar-refractivity contribution in [3.05, 3.63) is 69.6 Å². The Morgan fingerprint density at radius 3 is 2.11 bits per heavy atom. The van der Waals surface area contributed by atoms with Crippen LogP contribution >= 0.6 is 0 Å². The van der Waals surface area contributed by atoms with Gasteiger partial charge in [-0.25, -0.2) is 9.69 Å². The third kappa shape index (κ3) is 3.07. The molecule has 1 fully saturated rings. The van der Waals surface area contributed by atoms with Crippen LogP contribution < -0.4 is 15.5 Å². The summed E-state index contributed by atoms with van der Waals surface area (Å²) >= 11 is 0. The van der Waals surface area contributed by atoms with E-state index < -0.39 is 5.60 Å². The second-order valence-corrected chi connectivity index (χ2v) is 10.3. The van der Waals surface area contributed by atoms with Crippen molar-refractivity contribution in [2.75, 3.05) is 22.9 Å².